The van der Waals surface area contributed by atoms with Gasteiger partial charge < -0.3 is 5.32 Å². The molecule has 1 rings (SSSR count). The van der Waals surface area contributed by atoms with E-state index in [0.29, 0.717) is 0 Å². The number of unbranched alkanes of at least 4 members (excludes halogenated alkanes) is 1. The minimum Gasteiger partial charge on any atom is -0.347 e. The third kappa shape index (κ3) is 4.34. The fourth-order valence-corrected chi connectivity index (χ4v) is 1.44. The average Bonchev–Trinajstić information content (AvgIpc) is 2.20. The lowest BCUT2D eigenvalue weighted by atomic mass is 10.2. The smallest absolute Gasteiger partial charge is 0.0867 e. The Morgan fingerprint density at radius 2 is 2.27 bits per heavy atom. The van der Waals surface area contributed by atoms with Crippen molar-refractivity contribution >= 4 is 23.6 Å². The molecule has 15 heavy (non-hydrogen) atoms. The molecule has 0 radical (unpaired) electrons. The number of aliphatic imine (C=N–C) groups is 1. The van der Waals surface area contributed by atoms with E-state index in [9.17, 15) is 0 Å². The molecule has 0 bridgehead atoms. The van der Waals surface area contributed by atoms with Crippen LogP contribution in [0.1, 0.15) is 25.3 Å². The summed E-state index contributed by atoms with van der Waals surface area (Å²) in [5.74, 6) is 0. The molecule has 0 fully saturated rings. The van der Waals surface area contributed by atoms with E-state index < -0.39 is 0 Å². The van der Waals surface area contributed by atoms with Crippen molar-refractivity contribution in [3.05, 3.63) is 28.8 Å². The zero-order valence-corrected chi connectivity index (χ0v) is 10.0. The Morgan fingerprint density at radius 3 is 2.93 bits per heavy atom. The molecular weight excluding hydrogens is 208 g/mol. The predicted molar refractivity (Wildman–Crippen MR) is 68.1 cm³/mol. The minimum atomic E-state index is 0.765. The highest BCUT2D eigenvalue weighted by atomic mass is 35.5. The number of rotatable bonds is 5. The van der Waals surface area contributed by atoms with Gasteiger partial charge in [-0.1, -0.05) is 24.9 Å². The van der Waals surface area contributed by atoms with E-state index in [1.54, 1.807) is 6.34 Å². The number of anilines is 1. The van der Waals surface area contributed by atoms with Crippen molar-refractivity contribution in [2.45, 2.75) is 26.7 Å². The lowest BCUT2D eigenvalue weighted by Crippen LogP contribution is -1.97. The Bertz CT molecular complexity index is 334. The van der Waals surface area contributed by atoms with Gasteiger partial charge in [0.05, 0.1) is 6.34 Å². The highest BCUT2D eigenvalue weighted by Gasteiger charge is 1.95. The van der Waals surface area contributed by atoms with Crippen LogP contribution in [0.5, 0.6) is 0 Å². The average molecular weight is 225 g/mol. The van der Waals surface area contributed by atoms with Crippen molar-refractivity contribution in [3.63, 3.8) is 0 Å². The molecule has 0 aliphatic heterocycles. The molecule has 0 aliphatic carbocycles. The van der Waals surface area contributed by atoms with E-state index in [2.05, 4.69) is 17.2 Å². The molecule has 0 atom stereocenters. The lowest BCUT2D eigenvalue weighted by Gasteiger charge is -2.04. The largest absolute Gasteiger partial charge is 0.347 e. The van der Waals surface area contributed by atoms with E-state index in [-0.39, 0.29) is 0 Å². The van der Waals surface area contributed by atoms with Crippen LogP contribution in [0.4, 0.5) is 5.69 Å². The second-order valence-electron chi connectivity index (χ2n) is 3.49. The summed E-state index contributed by atoms with van der Waals surface area (Å²) in [6, 6.07) is 5.77. The first-order chi connectivity index (χ1) is 7.24. The van der Waals surface area contributed by atoms with Gasteiger partial charge in [0, 0.05) is 17.3 Å². The van der Waals surface area contributed by atoms with Crippen molar-refractivity contribution < 1.29 is 0 Å². The highest BCUT2D eigenvalue weighted by Crippen LogP contribution is 2.18. The molecule has 0 spiro atoms. The predicted octanol–water partition coefficient (Wildman–Crippen LogP) is 3.89. The summed E-state index contributed by atoms with van der Waals surface area (Å²) in [5.41, 5.74) is 2.18. The Balaban J connectivity index is 2.47. The van der Waals surface area contributed by atoms with Crippen LogP contribution in [0.2, 0.25) is 5.02 Å². The molecule has 0 unspecified atom stereocenters. The molecule has 0 heterocycles. The Morgan fingerprint density at radius 1 is 1.47 bits per heavy atom. The molecule has 2 nitrogen and oxygen atoms in total. The van der Waals surface area contributed by atoms with E-state index >= 15 is 0 Å². The van der Waals surface area contributed by atoms with Crippen molar-refractivity contribution in [3.8, 4) is 0 Å². The maximum absolute atomic E-state index is 5.86. The summed E-state index contributed by atoms with van der Waals surface area (Å²) in [7, 11) is 0. The molecular formula is C12H17ClN2. The van der Waals surface area contributed by atoms with E-state index in [1.165, 1.54) is 6.42 Å². The third-order valence-electron chi connectivity index (χ3n) is 2.14. The second-order valence-corrected chi connectivity index (χ2v) is 3.93. The van der Waals surface area contributed by atoms with Crippen molar-refractivity contribution in [1.82, 2.24) is 0 Å². The number of benzene rings is 1. The summed E-state index contributed by atoms with van der Waals surface area (Å²) in [5, 5.41) is 3.91. The van der Waals surface area contributed by atoms with Crippen LogP contribution >= 0.6 is 11.6 Å². The van der Waals surface area contributed by atoms with Crippen molar-refractivity contribution in [2.24, 2.45) is 4.99 Å². The fourth-order valence-electron chi connectivity index (χ4n) is 1.22. The molecule has 82 valence electrons. The molecule has 0 aliphatic rings. The van der Waals surface area contributed by atoms with Crippen LogP contribution in [0.25, 0.3) is 0 Å². The molecule has 0 amide bonds. The number of halogens is 1. The number of aryl methyl sites for hydroxylation is 1. The van der Waals surface area contributed by atoms with Gasteiger partial charge >= 0.3 is 0 Å². The monoisotopic (exact) mass is 224 g/mol. The van der Waals surface area contributed by atoms with Gasteiger partial charge in [0.2, 0.25) is 0 Å². The topological polar surface area (TPSA) is 24.4 Å². The highest BCUT2D eigenvalue weighted by molar-refractivity contribution is 6.30. The maximum Gasteiger partial charge on any atom is 0.0867 e. The summed E-state index contributed by atoms with van der Waals surface area (Å²) in [4.78, 5) is 4.25. The first kappa shape index (κ1) is 12.1. The van der Waals surface area contributed by atoms with Crippen LogP contribution in [-0.4, -0.2) is 12.9 Å². The summed E-state index contributed by atoms with van der Waals surface area (Å²) in [6.45, 7) is 5.07. The first-order valence-electron chi connectivity index (χ1n) is 5.25. The van der Waals surface area contributed by atoms with Crippen LogP contribution in [-0.2, 0) is 0 Å². The quantitative estimate of drug-likeness (QED) is 0.458. The standard InChI is InChI=1S/C12H17ClN2/c1-3-4-7-14-9-15-12-6-5-11(13)8-10(12)2/h5-6,8-9H,3-4,7H2,1-2H3,(H,14,15). The van der Waals surface area contributed by atoms with Crippen molar-refractivity contribution in [2.75, 3.05) is 11.9 Å². The molecule has 0 saturated carbocycles. The number of nitrogens with zero attached hydrogens (tertiary/aromatic N) is 1. The van der Waals surface area contributed by atoms with Gasteiger partial charge in [-0.15, -0.1) is 0 Å². The van der Waals surface area contributed by atoms with E-state index in [4.69, 9.17) is 11.6 Å². The van der Waals surface area contributed by atoms with Crippen LogP contribution in [0, 0.1) is 6.92 Å². The van der Waals surface area contributed by atoms with Gasteiger partial charge in [-0.25, -0.2) is 0 Å². The minimum absolute atomic E-state index is 0.765. The lowest BCUT2D eigenvalue weighted by molar-refractivity contribution is 0.810. The molecule has 1 N–H and O–H groups in total. The zero-order chi connectivity index (χ0) is 11.1. The molecule has 0 aromatic heterocycles. The van der Waals surface area contributed by atoms with Gasteiger partial charge in [-0.2, -0.15) is 0 Å². The summed E-state index contributed by atoms with van der Waals surface area (Å²) < 4.78 is 0. The summed E-state index contributed by atoms with van der Waals surface area (Å²) in [6.07, 6.45) is 4.07. The second kappa shape index (κ2) is 6.46. The summed E-state index contributed by atoms with van der Waals surface area (Å²) >= 11 is 5.86. The SMILES string of the molecule is CCCCN=CNc1ccc(Cl)cc1C. The third-order valence-corrected chi connectivity index (χ3v) is 2.38. The number of hydrogen-bond donors (Lipinski definition) is 1. The van der Waals surface area contributed by atoms with Crippen molar-refractivity contribution in [1.29, 1.82) is 0 Å². The van der Waals surface area contributed by atoms with Gasteiger partial charge in [0.25, 0.3) is 0 Å². The van der Waals surface area contributed by atoms with Crippen LogP contribution in [0.15, 0.2) is 23.2 Å². The van der Waals surface area contributed by atoms with Crippen LogP contribution in [0.3, 0.4) is 0 Å². The Hall–Kier alpha value is -1.02. The number of hydrogen-bond acceptors (Lipinski definition) is 1. The van der Waals surface area contributed by atoms with E-state index in [1.807, 2.05) is 25.1 Å². The fraction of sp³-hybridized carbons (Fsp3) is 0.417. The molecule has 0 saturated heterocycles. The van der Waals surface area contributed by atoms with Crippen LogP contribution < -0.4 is 5.32 Å². The first-order valence-corrected chi connectivity index (χ1v) is 5.63. The Kier molecular flexibility index (Phi) is 5.19. The Labute approximate surface area is 96.4 Å². The molecule has 3 heteroatoms. The van der Waals surface area contributed by atoms with Gasteiger partial charge in [-0.05, 0) is 37.1 Å². The number of nitrogens with one attached hydrogen (secondary N) is 1. The van der Waals surface area contributed by atoms with E-state index in [0.717, 1.165) is 29.2 Å². The van der Waals surface area contributed by atoms with Gasteiger partial charge in [0.15, 0.2) is 0 Å². The molecule has 1 aromatic rings. The molecule has 1 aromatic carbocycles. The van der Waals surface area contributed by atoms with Gasteiger partial charge in [-0.3, -0.25) is 4.99 Å². The maximum atomic E-state index is 5.86. The van der Waals surface area contributed by atoms with Gasteiger partial charge in [0.1, 0.15) is 0 Å². The normalized spacial score (nSPS) is 10.9. The zero-order valence-electron chi connectivity index (χ0n) is 9.26.